The first-order chi connectivity index (χ1) is 13.2. The van der Waals surface area contributed by atoms with Gasteiger partial charge in [-0.1, -0.05) is 60.7 Å². The van der Waals surface area contributed by atoms with E-state index < -0.39 is 0 Å². The van der Waals surface area contributed by atoms with E-state index in [0.717, 1.165) is 22.6 Å². The van der Waals surface area contributed by atoms with E-state index >= 15 is 0 Å². The van der Waals surface area contributed by atoms with Crippen LogP contribution in [-0.4, -0.2) is 22.4 Å². The van der Waals surface area contributed by atoms with Gasteiger partial charge in [0.2, 0.25) is 0 Å². The zero-order chi connectivity index (χ0) is 19.1. The van der Waals surface area contributed by atoms with Gasteiger partial charge in [0.15, 0.2) is 0 Å². The van der Waals surface area contributed by atoms with Crippen molar-refractivity contribution >= 4 is 11.8 Å². The zero-order valence-corrected chi connectivity index (χ0v) is 15.6. The summed E-state index contributed by atoms with van der Waals surface area (Å²) >= 11 is 0. The third-order valence-corrected chi connectivity index (χ3v) is 3.97. The molecule has 1 heterocycles. The number of nitrogens with one attached hydrogen (secondary N) is 1. The highest BCUT2D eigenvalue weighted by Crippen LogP contribution is 2.23. The van der Waals surface area contributed by atoms with E-state index in [2.05, 4.69) is 17.4 Å². The molecule has 0 amide bonds. The maximum Gasteiger partial charge on any atom is 0.332 e. The van der Waals surface area contributed by atoms with Crippen LogP contribution in [0.25, 0.3) is 11.3 Å². The molecule has 3 aromatic rings. The van der Waals surface area contributed by atoms with Crippen LogP contribution in [0, 0.1) is 0 Å². The molecular weight excluding hydrogens is 338 g/mol. The van der Waals surface area contributed by atoms with Gasteiger partial charge in [-0.15, -0.1) is 0 Å². The number of carbonyl (C=O) groups excluding carboxylic acids is 1. The van der Waals surface area contributed by atoms with E-state index in [0.29, 0.717) is 18.8 Å². The number of benzene rings is 2. The SMILES string of the molecule is CCOC(=O)C=C(C)Nc1cc(-c2ccccc2)nn1Cc1ccccc1. The number of rotatable bonds is 7. The highest BCUT2D eigenvalue weighted by Gasteiger charge is 2.11. The smallest absolute Gasteiger partial charge is 0.332 e. The largest absolute Gasteiger partial charge is 0.463 e. The van der Waals surface area contributed by atoms with Crippen LogP contribution in [0.5, 0.6) is 0 Å². The Kier molecular flexibility index (Phi) is 6.05. The minimum absolute atomic E-state index is 0.354. The Balaban J connectivity index is 1.90. The second-order valence-corrected chi connectivity index (χ2v) is 6.13. The van der Waals surface area contributed by atoms with Crippen LogP contribution in [0.15, 0.2) is 78.5 Å². The van der Waals surface area contributed by atoms with Crippen molar-refractivity contribution in [3.63, 3.8) is 0 Å². The summed E-state index contributed by atoms with van der Waals surface area (Å²) in [6, 6.07) is 22.1. The van der Waals surface area contributed by atoms with Crippen LogP contribution in [0.1, 0.15) is 19.4 Å². The monoisotopic (exact) mass is 361 g/mol. The van der Waals surface area contributed by atoms with Crippen LogP contribution >= 0.6 is 0 Å². The fourth-order valence-corrected chi connectivity index (χ4v) is 2.74. The van der Waals surface area contributed by atoms with Gasteiger partial charge < -0.3 is 10.1 Å². The Bertz CT molecular complexity index is 915. The first-order valence-electron chi connectivity index (χ1n) is 8.95. The minimum Gasteiger partial charge on any atom is -0.463 e. The van der Waals surface area contributed by atoms with Gasteiger partial charge in [-0.05, 0) is 19.4 Å². The summed E-state index contributed by atoms with van der Waals surface area (Å²) < 4.78 is 6.88. The number of anilines is 1. The van der Waals surface area contributed by atoms with Crippen molar-refractivity contribution in [1.29, 1.82) is 0 Å². The van der Waals surface area contributed by atoms with E-state index in [1.54, 1.807) is 6.92 Å². The van der Waals surface area contributed by atoms with Gasteiger partial charge in [0.25, 0.3) is 0 Å². The third-order valence-electron chi connectivity index (χ3n) is 3.97. The molecule has 0 aliphatic rings. The highest BCUT2D eigenvalue weighted by atomic mass is 16.5. The lowest BCUT2D eigenvalue weighted by Crippen LogP contribution is -2.09. The van der Waals surface area contributed by atoms with Gasteiger partial charge in [0.1, 0.15) is 5.82 Å². The van der Waals surface area contributed by atoms with Crippen molar-refractivity contribution in [2.45, 2.75) is 20.4 Å². The average Bonchev–Trinajstić information content (AvgIpc) is 3.05. The number of hydrogen-bond acceptors (Lipinski definition) is 4. The fourth-order valence-electron chi connectivity index (χ4n) is 2.74. The molecule has 0 radical (unpaired) electrons. The Morgan fingerprint density at radius 3 is 2.44 bits per heavy atom. The van der Waals surface area contributed by atoms with Crippen LogP contribution in [0.4, 0.5) is 5.82 Å². The zero-order valence-electron chi connectivity index (χ0n) is 15.6. The van der Waals surface area contributed by atoms with Gasteiger partial charge in [-0.25, -0.2) is 9.48 Å². The maximum absolute atomic E-state index is 11.7. The predicted octanol–water partition coefficient (Wildman–Crippen LogP) is 4.48. The number of aromatic nitrogens is 2. The van der Waals surface area contributed by atoms with E-state index in [-0.39, 0.29) is 5.97 Å². The predicted molar refractivity (Wildman–Crippen MR) is 107 cm³/mol. The molecule has 138 valence electrons. The maximum atomic E-state index is 11.7. The van der Waals surface area contributed by atoms with Gasteiger partial charge in [-0.3, -0.25) is 0 Å². The number of esters is 1. The Hall–Kier alpha value is -3.34. The molecule has 0 aliphatic carbocycles. The van der Waals surface area contributed by atoms with E-state index in [1.807, 2.05) is 66.2 Å². The summed E-state index contributed by atoms with van der Waals surface area (Å²) in [6.07, 6.45) is 1.45. The minimum atomic E-state index is -0.361. The molecule has 0 unspecified atom stereocenters. The number of nitrogens with zero attached hydrogens (tertiary/aromatic N) is 2. The number of hydrogen-bond donors (Lipinski definition) is 1. The van der Waals surface area contributed by atoms with E-state index in [1.165, 1.54) is 6.08 Å². The van der Waals surface area contributed by atoms with E-state index in [9.17, 15) is 4.79 Å². The normalized spacial score (nSPS) is 11.3. The molecule has 27 heavy (non-hydrogen) atoms. The summed E-state index contributed by atoms with van der Waals surface area (Å²) in [5, 5.41) is 8.03. The Morgan fingerprint density at radius 2 is 1.78 bits per heavy atom. The molecular formula is C22H23N3O2. The molecule has 3 rings (SSSR count). The number of ether oxygens (including phenoxy) is 1. The van der Waals surface area contributed by atoms with Gasteiger partial charge >= 0.3 is 5.97 Å². The van der Waals surface area contributed by atoms with Gasteiger partial charge in [0, 0.05) is 23.4 Å². The topological polar surface area (TPSA) is 56.1 Å². The molecule has 0 aliphatic heterocycles. The molecule has 0 saturated heterocycles. The summed E-state index contributed by atoms with van der Waals surface area (Å²) in [4.78, 5) is 11.7. The molecule has 0 atom stereocenters. The summed E-state index contributed by atoms with van der Waals surface area (Å²) in [7, 11) is 0. The van der Waals surface area contributed by atoms with Crippen molar-refractivity contribution in [1.82, 2.24) is 9.78 Å². The molecule has 5 heteroatoms. The third kappa shape index (κ3) is 5.07. The second kappa shape index (κ2) is 8.85. The van der Waals surface area contributed by atoms with E-state index in [4.69, 9.17) is 9.84 Å². The van der Waals surface area contributed by atoms with Gasteiger partial charge in [0.05, 0.1) is 18.8 Å². The standard InChI is InChI=1S/C22H23N3O2/c1-3-27-22(26)14-17(2)23-21-15-20(19-12-8-5-9-13-19)24-25(21)16-18-10-6-4-7-11-18/h4-15,23H,3,16H2,1-2H3. The highest BCUT2D eigenvalue weighted by molar-refractivity contribution is 5.83. The van der Waals surface area contributed by atoms with Crippen LogP contribution in [0.2, 0.25) is 0 Å². The van der Waals surface area contributed by atoms with Gasteiger partial charge in [-0.2, -0.15) is 5.10 Å². The molecule has 0 saturated carbocycles. The van der Waals surface area contributed by atoms with Crippen LogP contribution in [0.3, 0.4) is 0 Å². The van der Waals surface area contributed by atoms with Crippen molar-refractivity contribution in [3.05, 3.63) is 84.1 Å². The lowest BCUT2D eigenvalue weighted by molar-refractivity contribution is -0.137. The second-order valence-electron chi connectivity index (χ2n) is 6.13. The summed E-state index contributed by atoms with van der Waals surface area (Å²) in [5.41, 5.74) is 3.76. The van der Waals surface area contributed by atoms with Crippen molar-refractivity contribution in [2.24, 2.45) is 0 Å². The number of allylic oxidation sites excluding steroid dienone is 1. The lowest BCUT2D eigenvalue weighted by Gasteiger charge is -2.10. The fraction of sp³-hybridized carbons (Fsp3) is 0.182. The molecule has 0 spiro atoms. The molecule has 2 aromatic carbocycles. The lowest BCUT2D eigenvalue weighted by atomic mass is 10.1. The molecule has 0 fully saturated rings. The average molecular weight is 361 g/mol. The quantitative estimate of drug-likeness (QED) is 0.498. The Morgan fingerprint density at radius 1 is 1.11 bits per heavy atom. The van der Waals surface area contributed by atoms with Crippen molar-refractivity contribution in [2.75, 3.05) is 11.9 Å². The first-order valence-corrected chi connectivity index (χ1v) is 8.95. The van der Waals surface area contributed by atoms with Crippen LogP contribution in [-0.2, 0) is 16.1 Å². The first kappa shape index (κ1) is 18.5. The molecule has 1 aromatic heterocycles. The molecule has 5 nitrogen and oxygen atoms in total. The van der Waals surface area contributed by atoms with Crippen molar-refractivity contribution in [3.8, 4) is 11.3 Å². The summed E-state index contributed by atoms with van der Waals surface area (Å²) in [6.45, 7) is 4.60. The Labute approximate surface area is 159 Å². The van der Waals surface area contributed by atoms with Crippen LogP contribution < -0.4 is 5.32 Å². The van der Waals surface area contributed by atoms with Crippen molar-refractivity contribution < 1.29 is 9.53 Å². The number of carbonyl (C=O) groups is 1. The molecule has 1 N–H and O–H groups in total. The summed E-state index contributed by atoms with van der Waals surface area (Å²) in [5.74, 6) is 0.454. The molecule has 0 bridgehead atoms.